The second-order valence-electron chi connectivity index (χ2n) is 4.41. The first-order chi connectivity index (χ1) is 5.61. The van der Waals surface area contributed by atoms with Gasteiger partial charge in [0.15, 0.2) is 0 Å². The van der Waals surface area contributed by atoms with E-state index in [9.17, 15) is 0 Å². The normalized spacial score (nSPS) is 32.4. The van der Waals surface area contributed by atoms with Crippen molar-refractivity contribution in [2.24, 2.45) is 5.41 Å². The Morgan fingerprint density at radius 1 is 1.50 bits per heavy atom. The minimum Gasteiger partial charge on any atom is -0.310 e. The van der Waals surface area contributed by atoms with Gasteiger partial charge in [-0.05, 0) is 25.5 Å². The molecule has 0 amide bonds. The van der Waals surface area contributed by atoms with Crippen molar-refractivity contribution >= 4 is 0 Å². The summed E-state index contributed by atoms with van der Waals surface area (Å²) in [6, 6.07) is 0.562. The molecule has 1 nitrogen and oxygen atoms in total. The molecule has 0 fully saturated rings. The summed E-state index contributed by atoms with van der Waals surface area (Å²) in [5.41, 5.74) is 3.51. The van der Waals surface area contributed by atoms with E-state index in [4.69, 9.17) is 0 Å². The van der Waals surface area contributed by atoms with E-state index in [1.54, 1.807) is 5.57 Å². The van der Waals surface area contributed by atoms with Crippen molar-refractivity contribution < 1.29 is 0 Å². The van der Waals surface area contributed by atoms with Crippen LogP contribution in [0.25, 0.3) is 0 Å². The third-order valence-corrected chi connectivity index (χ3v) is 3.10. The van der Waals surface area contributed by atoms with Crippen LogP contribution in [-0.2, 0) is 0 Å². The molecule has 0 spiro atoms. The molecule has 0 aromatic carbocycles. The largest absolute Gasteiger partial charge is 0.310 e. The molecule has 1 aliphatic heterocycles. The lowest BCUT2D eigenvalue weighted by atomic mass is 9.82. The number of hydrogen-bond donors (Lipinski definition) is 1. The van der Waals surface area contributed by atoms with E-state index in [0.29, 0.717) is 11.5 Å². The van der Waals surface area contributed by atoms with Crippen LogP contribution in [0.2, 0.25) is 0 Å². The third-order valence-electron chi connectivity index (χ3n) is 3.10. The summed E-state index contributed by atoms with van der Waals surface area (Å²) in [6.45, 7) is 8.01. The van der Waals surface area contributed by atoms with Crippen molar-refractivity contribution in [3.63, 3.8) is 0 Å². The molecule has 0 aromatic rings. The number of hydrogen-bond acceptors (Lipinski definition) is 1. The monoisotopic (exact) mass is 163 g/mol. The molecule has 0 radical (unpaired) electrons. The second kappa shape index (κ2) is 2.46. The van der Waals surface area contributed by atoms with Crippen LogP contribution in [0.5, 0.6) is 0 Å². The Bertz CT molecular complexity index is 258. The summed E-state index contributed by atoms with van der Waals surface area (Å²) in [5.74, 6) is 0. The molecule has 0 saturated carbocycles. The molecule has 1 heteroatoms. The second-order valence-corrected chi connectivity index (χ2v) is 4.41. The van der Waals surface area contributed by atoms with E-state index in [0.717, 1.165) is 6.54 Å². The summed E-state index contributed by atoms with van der Waals surface area (Å²) in [6.07, 6.45) is 5.85. The summed E-state index contributed by atoms with van der Waals surface area (Å²) < 4.78 is 0. The molecule has 1 aliphatic carbocycles. The highest BCUT2D eigenvalue weighted by atomic mass is 14.9. The topological polar surface area (TPSA) is 12.0 Å². The fraction of sp³-hybridized carbons (Fsp3) is 0.636. The van der Waals surface area contributed by atoms with E-state index in [2.05, 4.69) is 38.2 Å². The summed E-state index contributed by atoms with van der Waals surface area (Å²) in [7, 11) is 0. The van der Waals surface area contributed by atoms with Crippen LogP contribution in [0, 0.1) is 5.41 Å². The fourth-order valence-corrected chi connectivity index (χ4v) is 2.27. The van der Waals surface area contributed by atoms with Crippen LogP contribution in [-0.4, -0.2) is 12.6 Å². The maximum Gasteiger partial charge on any atom is 0.0291 e. The number of nitrogens with one attached hydrogen (secondary N) is 1. The van der Waals surface area contributed by atoms with Gasteiger partial charge in [-0.3, -0.25) is 0 Å². The standard InChI is InChI=1S/C11H17N/c1-8-9-4-6-11(2,3)10(9)5-7-12-8/h4,6,8,12H,5,7H2,1-3H3. The van der Waals surface area contributed by atoms with Gasteiger partial charge < -0.3 is 5.32 Å². The quantitative estimate of drug-likeness (QED) is 0.577. The highest BCUT2D eigenvalue weighted by Gasteiger charge is 2.31. The zero-order valence-corrected chi connectivity index (χ0v) is 8.15. The van der Waals surface area contributed by atoms with Crippen LogP contribution < -0.4 is 5.32 Å². The molecule has 1 unspecified atom stereocenters. The Labute approximate surface area is 74.5 Å². The molecule has 2 rings (SSSR count). The summed E-state index contributed by atoms with van der Waals surface area (Å²) in [5, 5.41) is 3.48. The average Bonchev–Trinajstić information content (AvgIpc) is 2.30. The van der Waals surface area contributed by atoms with Crippen molar-refractivity contribution in [2.75, 3.05) is 6.54 Å². The summed E-state index contributed by atoms with van der Waals surface area (Å²) in [4.78, 5) is 0. The van der Waals surface area contributed by atoms with Gasteiger partial charge in [0.05, 0.1) is 0 Å². The lowest BCUT2D eigenvalue weighted by Crippen LogP contribution is -2.34. The van der Waals surface area contributed by atoms with Gasteiger partial charge in [0, 0.05) is 11.5 Å². The highest BCUT2D eigenvalue weighted by molar-refractivity contribution is 5.44. The zero-order chi connectivity index (χ0) is 8.77. The number of allylic oxidation sites excluding steroid dienone is 1. The number of rotatable bonds is 0. The van der Waals surface area contributed by atoms with Crippen molar-refractivity contribution in [3.05, 3.63) is 23.3 Å². The molecule has 0 saturated heterocycles. The van der Waals surface area contributed by atoms with E-state index in [1.165, 1.54) is 12.0 Å². The maximum atomic E-state index is 3.48. The minimum absolute atomic E-state index is 0.325. The molecular weight excluding hydrogens is 146 g/mol. The molecule has 1 N–H and O–H groups in total. The van der Waals surface area contributed by atoms with Gasteiger partial charge in [-0.25, -0.2) is 0 Å². The first-order valence-electron chi connectivity index (χ1n) is 4.77. The Kier molecular flexibility index (Phi) is 1.65. The van der Waals surface area contributed by atoms with E-state index >= 15 is 0 Å². The van der Waals surface area contributed by atoms with E-state index in [-0.39, 0.29) is 0 Å². The maximum absolute atomic E-state index is 3.48. The van der Waals surface area contributed by atoms with Gasteiger partial charge in [0.25, 0.3) is 0 Å². The Morgan fingerprint density at radius 3 is 2.92 bits per heavy atom. The predicted molar refractivity (Wildman–Crippen MR) is 52.0 cm³/mol. The molecule has 12 heavy (non-hydrogen) atoms. The van der Waals surface area contributed by atoms with Crippen molar-refractivity contribution in [3.8, 4) is 0 Å². The third kappa shape index (κ3) is 1.04. The summed E-state index contributed by atoms with van der Waals surface area (Å²) >= 11 is 0. The molecule has 0 aromatic heterocycles. The van der Waals surface area contributed by atoms with Crippen molar-refractivity contribution in [1.29, 1.82) is 0 Å². The van der Waals surface area contributed by atoms with Crippen LogP contribution in [0.1, 0.15) is 27.2 Å². The molecule has 66 valence electrons. The molecule has 2 aliphatic rings. The van der Waals surface area contributed by atoms with Gasteiger partial charge in [0.1, 0.15) is 0 Å². The van der Waals surface area contributed by atoms with Gasteiger partial charge in [-0.2, -0.15) is 0 Å². The molecule has 1 heterocycles. The van der Waals surface area contributed by atoms with E-state index < -0.39 is 0 Å². The van der Waals surface area contributed by atoms with Crippen LogP contribution in [0.4, 0.5) is 0 Å². The SMILES string of the molecule is CC1NCCC2=C1C=CC2(C)C. The highest BCUT2D eigenvalue weighted by Crippen LogP contribution is 2.40. The van der Waals surface area contributed by atoms with Gasteiger partial charge in [0.2, 0.25) is 0 Å². The Morgan fingerprint density at radius 2 is 2.25 bits per heavy atom. The first kappa shape index (κ1) is 8.06. The van der Waals surface area contributed by atoms with Gasteiger partial charge >= 0.3 is 0 Å². The average molecular weight is 163 g/mol. The predicted octanol–water partition coefficient (Wildman–Crippen LogP) is 2.26. The van der Waals surface area contributed by atoms with Crippen LogP contribution in [0.15, 0.2) is 23.3 Å². The minimum atomic E-state index is 0.325. The van der Waals surface area contributed by atoms with Crippen molar-refractivity contribution in [1.82, 2.24) is 5.32 Å². The lowest BCUT2D eigenvalue weighted by molar-refractivity contribution is 0.498. The smallest absolute Gasteiger partial charge is 0.0291 e. The first-order valence-corrected chi connectivity index (χ1v) is 4.77. The van der Waals surface area contributed by atoms with E-state index in [1.807, 2.05) is 0 Å². The Hall–Kier alpha value is -0.560. The Balaban J connectivity index is 2.39. The molecule has 0 bridgehead atoms. The zero-order valence-electron chi connectivity index (χ0n) is 8.15. The van der Waals surface area contributed by atoms with Crippen molar-refractivity contribution in [2.45, 2.75) is 33.2 Å². The van der Waals surface area contributed by atoms with Crippen LogP contribution in [0.3, 0.4) is 0 Å². The van der Waals surface area contributed by atoms with Gasteiger partial charge in [-0.1, -0.05) is 31.6 Å². The van der Waals surface area contributed by atoms with Crippen LogP contribution >= 0.6 is 0 Å². The van der Waals surface area contributed by atoms with Gasteiger partial charge in [-0.15, -0.1) is 0 Å². The molecule has 1 atom stereocenters. The lowest BCUT2D eigenvalue weighted by Gasteiger charge is -2.29. The fourth-order valence-electron chi connectivity index (χ4n) is 2.27. The molecular formula is C11H17N.